The molecular weight excluding hydrogens is 402 g/mol. The van der Waals surface area contributed by atoms with Crippen LogP contribution in [0.15, 0.2) is 51.8 Å². The molecular formula is C18H19N3O5S2. The topological polar surface area (TPSA) is 104 Å². The summed E-state index contributed by atoms with van der Waals surface area (Å²) in [7, 11) is -3.92. The lowest BCUT2D eigenvalue weighted by Gasteiger charge is -2.05. The monoisotopic (exact) mass is 421 g/mol. The van der Waals surface area contributed by atoms with Crippen LogP contribution < -0.4 is 4.80 Å². The molecule has 0 atom stereocenters. The Balaban J connectivity index is 2.16. The molecule has 1 aromatic heterocycles. The van der Waals surface area contributed by atoms with Crippen molar-refractivity contribution in [1.82, 2.24) is 4.57 Å². The zero-order valence-corrected chi connectivity index (χ0v) is 17.0. The first kappa shape index (κ1) is 20.2. The number of nitro groups is 1. The van der Waals surface area contributed by atoms with Crippen LogP contribution in [0.5, 0.6) is 0 Å². The third-order valence-electron chi connectivity index (χ3n) is 4.06. The highest BCUT2D eigenvalue weighted by Gasteiger charge is 2.16. The third kappa shape index (κ3) is 4.29. The molecule has 0 amide bonds. The van der Waals surface area contributed by atoms with E-state index in [1.54, 1.807) is 22.8 Å². The fourth-order valence-electron chi connectivity index (χ4n) is 2.63. The van der Waals surface area contributed by atoms with E-state index in [1.807, 2.05) is 13.8 Å². The average Bonchev–Trinajstić information content (AvgIpc) is 2.98. The zero-order chi connectivity index (χ0) is 20.3. The lowest BCUT2D eigenvalue weighted by molar-refractivity contribution is -0.384. The van der Waals surface area contributed by atoms with Crippen molar-refractivity contribution in [3.05, 3.63) is 62.9 Å². The second-order valence-corrected chi connectivity index (χ2v) is 8.63. The van der Waals surface area contributed by atoms with Crippen LogP contribution >= 0.6 is 11.3 Å². The van der Waals surface area contributed by atoms with Crippen molar-refractivity contribution in [3.8, 4) is 0 Å². The van der Waals surface area contributed by atoms with E-state index in [4.69, 9.17) is 4.74 Å². The molecule has 1 heterocycles. The Hall–Kier alpha value is -2.56. The van der Waals surface area contributed by atoms with Gasteiger partial charge in [0, 0.05) is 25.3 Å². The normalized spacial score (nSPS) is 12.6. The summed E-state index contributed by atoms with van der Waals surface area (Å²) in [6, 6.07) is 10.9. The number of non-ortho nitro benzene ring substituents is 1. The van der Waals surface area contributed by atoms with Gasteiger partial charge in [0.15, 0.2) is 0 Å². The van der Waals surface area contributed by atoms with Crippen LogP contribution in [0.3, 0.4) is 0 Å². The third-order valence-corrected chi connectivity index (χ3v) is 6.50. The van der Waals surface area contributed by atoms with Gasteiger partial charge in [-0.1, -0.05) is 29.0 Å². The fraction of sp³-hybridized carbons (Fsp3) is 0.278. The molecule has 0 saturated carbocycles. The van der Waals surface area contributed by atoms with Crippen LogP contribution in [-0.2, 0) is 21.3 Å². The highest BCUT2D eigenvalue weighted by Crippen LogP contribution is 2.24. The van der Waals surface area contributed by atoms with Gasteiger partial charge in [-0.3, -0.25) is 10.1 Å². The SMILES string of the molecule is CCOCCn1c(=NS(=O)(=O)c2ccc(C)cc2)sc2cc([N+](=O)[O-])ccc21. The molecule has 8 nitrogen and oxygen atoms in total. The van der Waals surface area contributed by atoms with E-state index in [2.05, 4.69) is 4.40 Å². The van der Waals surface area contributed by atoms with E-state index in [9.17, 15) is 18.5 Å². The van der Waals surface area contributed by atoms with Crippen molar-refractivity contribution >= 4 is 37.3 Å². The summed E-state index contributed by atoms with van der Waals surface area (Å²) in [4.78, 5) is 10.9. The summed E-state index contributed by atoms with van der Waals surface area (Å²) in [5.74, 6) is 0. The molecule has 0 saturated heterocycles. The van der Waals surface area contributed by atoms with Gasteiger partial charge in [-0.2, -0.15) is 8.42 Å². The standard InChI is InChI=1S/C18H19N3O5S2/c1-3-26-11-10-20-16-9-6-14(21(22)23)12-17(16)27-18(20)19-28(24,25)15-7-4-13(2)5-8-15/h4-9,12H,3,10-11H2,1-2H3. The van der Waals surface area contributed by atoms with Crippen molar-refractivity contribution in [1.29, 1.82) is 0 Å². The number of thiazole rings is 1. The lowest BCUT2D eigenvalue weighted by Crippen LogP contribution is -2.19. The molecule has 0 bridgehead atoms. The van der Waals surface area contributed by atoms with Crippen LogP contribution in [0.25, 0.3) is 10.2 Å². The molecule has 3 aromatic rings. The number of aryl methyl sites for hydroxylation is 1. The van der Waals surface area contributed by atoms with Gasteiger partial charge < -0.3 is 9.30 Å². The maximum Gasteiger partial charge on any atom is 0.285 e. The number of benzene rings is 2. The van der Waals surface area contributed by atoms with Crippen molar-refractivity contribution in [3.63, 3.8) is 0 Å². The van der Waals surface area contributed by atoms with E-state index in [1.165, 1.54) is 24.3 Å². The molecule has 28 heavy (non-hydrogen) atoms. The number of ether oxygens (including phenoxy) is 1. The van der Waals surface area contributed by atoms with Gasteiger partial charge in [0.2, 0.25) is 4.80 Å². The highest BCUT2D eigenvalue weighted by atomic mass is 32.2. The Labute approximate surface area is 165 Å². The first-order valence-electron chi connectivity index (χ1n) is 8.55. The molecule has 0 radical (unpaired) electrons. The number of nitrogens with zero attached hydrogens (tertiary/aromatic N) is 3. The van der Waals surface area contributed by atoms with Gasteiger partial charge in [0.1, 0.15) is 0 Å². The second-order valence-electron chi connectivity index (χ2n) is 6.02. The number of aromatic nitrogens is 1. The maximum atomic E-state index is 12.7. The Morgan fingerprint density at radius 1 is 1.21 bits per heavy atom. The highest BCUT2D eigenvalue weighted by molar-refractivity contribution is 7.90. The Bertz CT molecular complexity index is 1180. The van der Waals surface area contributed by atoms with Crippen molar-refractivity contribution in [2.75, 3.05) is 13.2 Å². The second kappa shape index (κ2) is 8.21. The summed E-state index contributed by atoms with van der Waals surface area (Å²) in [5, 5.41) is 11.1. The summed E-state index contributed by atoms with van der Waals surface area (Å²) >= 11 is 1.10. The largest absolute Gasteiger partial charge is 0.380 e. The Kier molecular flexibility index (Phi) is 5.92. The van der Waals surface area contributed by atoms with Crippen LogP contribution in [0.2, 0.25) is 0 Å². The summed E-state index contributed by atoms with van der Waals surface area (Å²) in [6.07, 6.45) is 0. The van der Waals surface area contributed by atoms with Gasteiger partial charge in [-0.25, -0.2) is 0 Å². The molecule has 0 fully saturated rings. The van der Waals surface area contributed by atoms with Gasteiger partial charge >= 0.3 is 0 Å². The maximum absolute atomic E-state index is 12.7. The van der Waals surface area contributed by atoms with Crippen LogP contribution in [0, 0.1) is 17.0 Å². The molecule has 0 aliphatic rings. The van der Waals surface area contributed by atoms with E-state index >= 15 is 0 Å². The van der Waals surface area contributed by atoms with E-state index in [0.29, 0.717) is 30.0 Å². The smallest absolute Gasteiger partial charge is 0.285 e. The molecule has 0 aliphatic heterocycles. The first-order valence-corrected chi connectivity index (χ1v) is 10.8. The fourth-order valence-corrected chi connectivity index (χ4v) is 4.92. The molecule has 0 unspecified atom stereocenters. The van der Waals surface area contributed by atoms with Gasteiger partial charge in [0.05, 0.1) is 26.6 Å². The van der Waals surface area contributed by atoms with Gasteiger partial charge in [0.25, 0.3) is 15.7 Å². The lowest BCUT2D eigenvalue weighted by atomic mass is 10.2. The molecule has 0 spiro atoms. The van der Waals surface area contributed by atoms with Gasteiger partial charge in [-0.05, 0) is 32.0 Å². The zero-order valence-electron chi connectivity index (χ0n) is 15.4. The molecule has 10 heteroatoms. The van der Waals surface area contributed by atoms with Crippen LogP contribution in [-0.4, -0.2) is 31.1 Å². The predicted octanol–water partition coefficient (Wildman–Crippen LogP) is 3.25. The number of rotatable bonds is 7. The number of hydrogen-bond donors (Lipinski definition) is 0. The quantitative estimate of drug-likeness (QED) is 0.331. The molecule has 0 aliphatic carbocycles. The molecule has 2 aromatic carbocycles. The summed E-state index contributed by atoms with van der Waals surface area (Å²) < 4.78 is 37.2. The molecule has 148 valence electrons. The van der Waals surface area contributed by atoms with Crippen molar-refractivity contribution in [2.45, 2.75) is 25.3 Å². The minimum absolute atomic E-state index is 0.0568. The number of fused-ring (bicyclic) bond motifs is 1. The van der Waals surface area contributed by atoms with Gasteiger partial charge in [-0.15, -0.1) is 4.40 Å². The Morgan fingerprint density at radius 3 is 2.57 bits per heavy atom. The Morgan fingerprint density at radius 2 is 1.93 bits per heavy atom. The van der Waals surface area contributed by atoms with Crippen LogP contribution in [0.1, 0.15) is 12.5 Å². The van der Waals surface area contributed by atoms with Crippen LogP contribution in [0.4, 0.5) is 5.69 Å². The number of hydrogen-bond acceptors (Lipinski definition) is 6. The molecule has 0 N–H and O–H groups in total. The average molecular weight is 422 g/mol. The first-order chi connectivity index (χ1) is 13.3. The minimum atomic E-state index is -3.92. The van der Waals surface area contributed by atoms with Crippen molar-refractivity contribution in [2.24, 2.45) is 4.40 Å². The van der Waals surface area contributed by atoms with Crippen molar-refractivity contribution < 1.29 is 18.1 Å². The summed E-state index contributed by atoms with van der Waals surface area (Å²) in [6.45, 7) is 5.02. The number of sulfonamides is 1. The van der Waals surface area contributed by atoms with E-state index in [0.717, 1.165) is 16.9 Å². The molecule has 3 rings (SSSR count). The number of nitro benzene ring substituents is 1. The predicted molar refractivity (Wildman–Crippen MR) is 107 cm³/mol. The minimum Gasteiger partial charge on any atom is -0.380 e. The van der Waals surface area contributed by atoms with E-state index in [-0.39, 0.29) is 15.4 Å². The van der Waals surface area contributed by atoms with E-state index < -0.39 is 14.9 Å². The summed E-state index contributed by atoms with van der Waals surface area (Å²) in [5.41, 5.74) is 1.56.